The van der Waals surface area contributed by atoms with Crippen LogP contribution in [0.25, 0.3) is 0 Å². The van der Waals surface area contributed by atoms with E-state index in [1.54, 1.807) is 6.07 Å². The van der Waals surface area contributed by atoms with Crippen molar-refractivity contribution in [1.29, 1.82) is 5.26 Å². The third-order valence-corrected chi connectivity index (χ3v) is 2.94. The number of aliphatic hydroxyl groups is 1. The van der Waals surface area contributed by atoms with Gasteiger partial charge in [0.1, 0.15) is 0 Å². The van der Waals surface area contributed by atoms with Crippen molar-refractivity contribution in [3.8, 4) is 6.07 Å². The SMILES string of the molecule is CCC(C#N)C(O)c1cc(C(F)(F)F)cc(C(F)(F)F)c1. The summed E-state index contributed by atoms with van der Waals surface area (Å²) in [6.07, 6.45) is -11.6. The Morgan fingerprint density at radius 2 is 1.48 bits per heavy atom. The summed E-state index contributed by atoms with van der Waals surface area (Å²) in [5, 5.41) is 18.6. The standard InChI is InChI=1S/C13H11F6NO/c1-2-7(6-20)11(21)8-3-9(12(14,15)16)5-10(4-8)13(17,18)19/h3-5,7,11,21H,2H2,1H3. The summed E-state index contributed by atoms with van der Waals surface area (Å²) in [5.41, 5.74) is -3.61. The number of nitrogens with zero attached hydrogens (tertiary/aromatic N) is 1. The predicted octanol–water partition coefficient (Wildman–Crippen LogP) is 4.31. The molecular weight excluding hydrogens is 300 g/mol. The molecule has 0 bridgehead atoms. The molecule has 0 aliphatic heterocycles. The Morgan fingerprint density at radius 3 is 1.76 bits per heavy atom. The van der Waals surface area contributed by atoms with Gasteiger partial charge in [-0.2, -0.15) is 31.6 Å². The van der Waals surface area contributed by atoms with E-state index in [0.717, 1.165) is 0 Å². The molecule has 2 atom stereocenters. The highest BCUT2D eigenvalue weighted by Crippen LogP contribution is 2.38. The summed E-state index contributed by atoms with van der Waals surface area (Å²) in [5.74, 6) is -1.09. The Labute approximate surface area is 116 Å². The molecule has 8 heteroatoms. The Balaban J connectivity index is 3.43. The van der Waals surface area contributed by atoms with E-state index in [4.69, 9.17) is 5.26 Å². The van der Waals surface area contributed by atoms with Gasteiger partial charge >= 0.3 is 12.4 Å². The minimum atomic E-state index is -4.98. The van der Waals surface area contributed by atoms with Gasteiger partial charge in [0.25, 0.3) is 0 Å². The molecule has 1 rings (SSSR count). The second-order valence-corrected chi connectivity index (χ2v) is 4.43. The van der Waals surface area contributed by atoms with Crippen LogP contribution in [-0.4, -0.2) is 5.11 Å². The molecule has 0 saturated carbocycles. The molecule has 2 nitrogen and oxygen atoms in total. The van der Waals surface area contributed by atoms with Gasteiger partial charge in [-0.05, 0) is 30.2 Å². The third-order valence-electron chi connectivity index (χ3n) is 2.94. The average molecular weight is 311 g/mol. The average Bonchev–Trinajstić information content (AvgIpc) is 2.37. The van der Waals surface area contributed by atoms with E-state index in [9.17, 15) is 31.4 Å². The molecule has 0 amide bonds. The highest BCUT2D eigenvalue weighted by Gasteiger charge is 2.38. The van der Waals surface area contributed by atoms with Crippen LogP contribution in [0.1, 0.15) is 36.1 Å². The smallest absolute Gasteiger partial charge is 0.387 e. The van der Waals surface area contributed by atoms with Crippen molar-refractivity contribution in [1.82, 2.24) is 0 Å². The molecule has 0 fully saturated rings. The van der Waals surface area contributed by atoms with Gasteiger partial charge < -0.3 is 5.11 Å². The number of nitriles is 1. The van der Waals surface area contributed by atoms with Crippen molar-refractivity contribution in [2.24, 2.45) is 5.92 Å². The third kappa shape index (κ3) is 4.11. The molecule has 2 unspecified atom stereocenters. The van der Waals surface area contributed by atoms with Crippen molar-refractivity contribution in [3.63, 3.8) is 0 Å². The molecule has 0 radical (unpaired) electrons. The number of hydrogen-bond donors (Lipinski definition) is 1. The maximum atomic E-state index is 12.7. The molecule has 1 aromatic rings. The van der Waals surface area contributed by atoms with E-state index >= 15 is 0 Å². The number of rotatable bonds is 3. The Morgan fingerprint density at radius 1 is 1.05 bits per heavy atom. The molecule has 21 heavy (non-hydrogen) atoms. The topological polar surface area (TPSA) is 44.0 Å². The number of hydrogen-bond acceptors (Lipinski definition) is 2. The first kappa shape index (κ1) is 17.3. The van der Waals surface area contributed by atoms with E-state index in [2.05, 4.69) is 0 Å². The van der Waals surface area contributed by atoms with Crippen LogP contribution in [0.5, 0.6) is 0 Å². The number of aliphatic hydroxyl groups excluding tert-OH is 1. The van der Waals surface area contributed by atoms with Crippen molar-refractivity contribution in [2.75, 3.05) is 0 Å². The largest absolute Gasteiger partial charge is 0.416 e. The Kier molecular flexibility index (Phi) is 4.89. The van der Waals surface area contributed by atoms with Crippen LogP contribution in [0, 0.1) is 17.2 Å². The molecule has 0 aliphatic rings. The lowest BCUT2D eigenvalue weighted by molar-refractivity contribution is -0.143. The lowest BCUT2D eigenvalue weighted by Crippen LogP contribution is -2.15. The molecule has 0 spiro atoms. The lowest BCUT2D eigenvalue weighted by Gasteiger charge is -2.19. The minimum Gasteiger partial charge on any atom is -0.387 e. The zero-order valence-electron chi connectivity index (χ0n) is 10.8. The van der Waals surface area contributed by atoms with Gasteiger partial charge in [-0.3, -0.25) is 0 Å². The van der Waals surface area contributed by atoms with Crippen LogP contribution in [0.4, 0.5) is 26.3 Å². The van der Waals surface area contributed by atoms with Crippen LogP contribution in [0.15, 0.2) is 18.2 Å². The Hall–Kier alpha value is -1.75. The number of halogens is 6. The first-order chi connectivity index (χ1) is 9.50. The summed E-state index contributed by atoms with van der Waals surface area (Å²) in [6.45, 7) is 1.50. The van der Waals surface area contributed by atoms with Crippen LogP contribution < -0.4 is 0 Å². The number of alkyl halides is 6. The van der Waals surface area contributed by atoms with Gasteiger partial charge in [0.2, 0.25) is 0 Å². The minimum absolute atomic E-state index is 0.0243. The van der Waals surface area contributed by atoms with E-state index < -0.39 is 41.1 Å². The van der Waals surface area contributed by atoms with Crippen molar-refractivity contribution < 1.29 is 31.4 Å². The van der Waals surface area contributed by atoms with Gasteiger partial charge in [0.15, 0.2) is 0 Å². The first-order valence-corrected chi connectivity index (χ1v) is 5.87. The van der Waals surface area contributed by atoms with Gasteiger partial charge in [0.05, 0.1) is 29.2 Å². The first-order valence-electron chi connectivity index (χ1n) is 5.87. The molecular formula is C13H11F6NO. The molecule has 0 heterocycles. The van der Waals surface area contributed by atoms with Crippen LogP contribution in [0.3, 0.4) is 0 Å². The van der Waals surface area contributed by atoms with Crippen molar-refractivity contribution in [2.45, 2.75) is 31.8 Å². The van der Waals surface area contributed by atoms with Crippen LogP contribution in [0.2, 0.25) is 0 Å². The van der Waals surface area contributed by atoms with E-state index in [1.807, 2.05) is 0 Å². The summed E-state index contributed by atoms with van der Waals surface area (Å²) in [7, 11) is 0. The normalized spacial score (nSPS) is 15.4. The van der Waals surface area contributed by atoms with E-state index in [0.29, 0.717) is 12.1 Å². The quantitative estimate of drug-likeness (QED) is 0.845. The molecule has 1 aromatic carbocycles. The zero-order valence-corrected chi connectivity index (χ0v) is 10.8. The Bertz CT molecular complexity index is 511. The molecule has 116 valence electrons. The summed E-state index contributed by atoms with van der Waals surface area (Å²) in [6, 6.07) is 2.49. The second-order valence-electron chi connectivity index (χ2n) is 4.43. The van der Waals surface area contributed by atoms with Gasteiger partial charge in [-0.25, -0.2) is 0 Å². The monoisotopic (exact) mass is 311 g/mol. The van der Waals surface area contributed by atoms with Gasteiger partial charge in [-0.15, -0.1) is 0 Å². The fourth-order valence-corrected chi connectivity index (χ4v) is 1.77. The molecule has 0 aliphatic carbocycles. The number of benzene rings is 1. The predicted molar refractivity (Wildman–Crippen MR) is 60.8 cm³/mol. The lowest BCUT2D eigenvalue weighted by atomic mass is 9.92. The maximum Gasteiger partial charge on any atom is 0.416 e. The molecule has 0 saturated heterocycles. The highest BCUT2D eigenvalue weighted by molar-refractivity contribution is 5.35. The zero-order chi connectivity index (χ0) is 16.4. The van der Waals surface area contributed by atoms with Crippen LogP contribution in [-0.2, 0) is 12.4 Å². The maximum absolute atomic E-state index is 12.7. The summed E-state index contributed by atoms with van der Waals surface area (Å²) >= 11 is 0. The summed E-state index contributed by atoms with van der Waals surface area (Å²) in [4.78, 5) is 0. The van der Waals surface area contributed by atoms with Gasteiger partial charge in [-0.1, -0.05) is 6.92 Å². The highest BCUT2D eigenvalue weighted by atomic mass is 19.4. The fraction of sp³-hybridized carbons (Fsp3) is 0.462. The fourth-order valence-electron chi connectivity index (χ4n) is 1.77. The summed E-state index contributed by atoms with van der Waals surface area (Å²) < 4.78 is 75.9. The van der Waals surface area contributed by atoms with E-state index in [1.165, 1.54) is 6.92 Å². The van der Waals surface area contributed by atoms with Crippen molar-refractivity contribution >= 4 is 0 Å². The van der Waals surface area contributed by atoms with E-state index in [-0.39, 0.29) is 12.5 Å². The molecule has 0 aromatic heterocycles. The van der Waals surface area contributed by atoms with Gasteiger partial charge in [0, 0.05) is 0 Å². The second kappa shape index (κ2) is 5.93. The van der Waals surface area contributed by atoms with Crippen molar-refractivity contribution in [3.05, 3.63) is 34.9 Å². The molecule has 1 N–H and O–H groups in total. The van der Waals surface area contributed by atoms with Crippen LogP contribution >= 0.6 is 0 Å².